The Labute approximate surface area is 171 Å². The third kappa shape index (κ3) is 5.01. The van der Waals surface area contributed by atoms with Gasteiger partial charge in [-0.05, 0) is 74.8 Å². The predicted octanol–water partition coefficient (Wildman–Crippen LogP) is 4.56. The Kier molecular flexibility index (Phi) is 6.64. The summed E-state index contributed by atoms with van der Waals surface area (Å²) in [6.45, 7) is 8.04. The number of aryl methyl sites for hydroxylation is 1. The Balaban J connectivity index is 1.79. The molecule has 0 saturated carbocycles. The van der Waals surface area contributed by atoms with E-state index in [0.29, 0.717) is 17.4 Å². The van der Waals surface area contributed by atoms with Gasteiger partial charge in [-0.25, -0.2) is 13.8 Å². The van der Waals surface area contributed by atoms with Gasteiger partial charge >= 0.3 is 0 Å². The smallest absolute Gasteiger partial charge is 0.157 e. The van der Waals surface area contributed by atoms with Crippen molar-refractivity contribution in [1.82, 2.24) is 10.2 Å². The molecule has 2 N–H and O–H groups in total. The second-order valence-electron chi connectivity index (χ2n) is 7.53. The van der Waals surface area contributed by atoms with Crippen molar-refractivity contribution < 1.29 is 8.78 Å². The van der Waals surface area contributed by atoms with Gasteiger partial charge in [-0.3, -0.25) is 0 Å². The van der Waals surface area contributed by atoms with Crippen molar-refractivity contribution in [1.29, 1.82) is 0 Å². The van der Waals surface area contributed by atoms with E-state index in [4.69, 9.17) is 0 Å². The van der Waals surface area contributed by atoms with E-state index in [2.05, 4.69) is 34.2 Å². The van der Waals surface area contributed by atoms with Crippen molar-refractivity contribution in [3.8, 4) is 11.1 Å². The monoisotopic (exact) mass is 398 g/mol. The first-order valence-corrected chi connectivity index (χ1v) is 9.84. The molecule has 3 rings (SSSR count). The zero-order chi connectivity index (χ0) is 21.0. The standard InChI is InChI=1S/C23H28F2N4/c1-15-5-6-17(22-20(24)7-8-21(26-3)23(22)25)13-18(15)14-27-16(2)28-19-9-11-29(4)12-10-19/h5-8,13-14,19,26,28H,2,9-12H2,1,3-4H3/b27-14-. The van der Waals surface area contributed by atoms with Gasteiger partial charge in [-0.2, -0.15) is 0 Å². The highest BCUT2D eigenvalue weighted by Crippen LogP contribution is 2.31. The summed E-state index contributed by atoms with van der Waals surface area (Å²) in [6.07, 6.45) is 3.81. The average Bonchev–Trinajstić information content (AvgIpc) is 2.70. The van der Waals surface area contributed by atoms with Crippen LogP contribution in [0.25, 0.3) is 11.1 Å². The number of benzene rings is 2. The fourth-order valence-electron chi connectivity index (χ4n) is 3.52. The first-order valence-electron chi connectivity index (χ1n) is 9.84. The lowest BCUT2D eigenvalue weighted by atomic mass is 9.98. The molecule has 1 aliphatic rings. The fraction of sp³-hybridized carbons (Fsp3) is 0.348. The number of anilines is 1. The van der Waals surface area contributed by atoms with E-state index in [-0.39, 0.29) is 11.3 Å². The van der Waals surface area contributed by atoms with Gasteiger partial charge in [0.25, 0.3) is 0 Å². The van der Waals surface area contributed by atoms with Crippen LogP contribution in [0, 0.1) is 18.6 Å². The van der Waals surface area contributed by atoms with Gasteiger partial charge in [0.1, 0.15) is 11.6 Å². The number of halogens is 2. The van der Waals surface area contributed by atoms with E-state index in [0.717, 1.165) is 37.1 Å². The Morgan fingerprint density at radius 1 is 1.21 bits per heavy atom. The van der Waals surface area contributed by atoms with Crippen molar-refractivity contribution in [3.63, 3.8) is 0 Å². The van der Waals surface area contributed by atoms with Crippen molar-refractivity contribution in [3.05, 3.63) is 65.5 Å². The summed E-state index contributed by atoms with van der Waals surface area (Å²) in [5, 5.41) is 6.11. The van der Waals surface area contributed by atoms with Crippen LogP contribution in [0.1, 0.15) is 24.0 Å². The zero-order valence-corrected chi connectivity index (χ0v) is 17.2. The number of likely N-dealkylation sites (tertiary alicyclic amines) is 1. The SMILES string of the molecule is C=C(/N=C\c1cc(-c2c(F)ccc(NC)c2F)ccc1C)NC1CCN(C)CC1. The average molecular weight is 399 g/mol. The summed E-state index contributed by atoms with van der Waals surface area (Å²) in [5.41, 5.74) is 2.44. The van der Waals surface area contributed by atoms with Crippen LogP contribution < -0.4 is 10.6 Å². The Hall–Kier alpha value is -2.73. The molecule has 1 aliphatic heterocycles. The molecule has 0 spiro atoms. The fourth-order valence-corrected chi connectivity index (χ4v) is 3.52. The lowest BCUT2D eigenvalue weighted by Crippen LogP contribution is -2.40. The lowest BCUT2D eigenvalue weighted by molar-refractivity contribution is 0.241. The predicted molar refractivity (Wildman–Crippen MR) is 116 cm³/mol. The van der Waals surface area contributed by atoms with Gasteiger partial charge in [0.15, 0.2) is 5.82 Å². The van der Waals surface area contributed by atoms with E-state index in [9.17, 15) is 8.78 Å². The van der Waals surface area contributed by atoms with Crippen LogP contribution in [-0.4, -0.2) is 44.3 Å². The summed E-state index contributed by atoms with van der Waals surface area (Å²) in [7, 11) is 3.73. The van der Waals surface area contributed by atoms with Crippen LogP contribution >= 0.6 is 0 Å². The number of hydrogen-bond donors (Lipinski definition) is 2. The molecule has 4 nitrogen and oxygen atoms in total. The Morgan fingerprint density at radius 2 is 1.93 bits per heavy atom. The van der Waals surface area contributed by atoms with Crippen LogP contribution in [0.3, 0.4) is 0 Å². The molecule has 0 radical (unpaired) electrons. The minimum absolute atomic E-state index is 0.0465. The van der Waals surface area contributed by atoms with Gasteiger partial charge in [-0.1, -0.05) is 18.7 Å². The molecule has 0 atom stereocenters. The van der Waals surface area contributed by atoms with Gasteiger partial charge in [0.05, 0.1) is 11.3 Å². The maximum atomic E-state index is 14.7. The van der Waals surface area contributed by atoms with Gasteiger partial charge in [-0.15, -0.1) is 0 Å². The summed E-state index contributed by atoms with van der Waals surface area (Å²) in [4.78, 5) is 6.74. The summed E-state index contributed by atoms with van der Waals surface area (Å²) >= 11 is 0. The highest BCUT2D eigenvalue weighted by atomic mass is 19.1. The van der Waals surface area contributed by atoms with Crippen molar-refractivity contribution in [2.45, 2.75) is 25.8 Å². The molecule has 2 aromatic rings. The second kappa shape index (κ2) is 9.18. The van der Waals surface area contributed by atoms with Crippen molar-refractivity contribution in [2.75, 3.05) is 32.5 Å². The minimum Gasteiger partial charge on any atom is -0.386 e. The van der Waals surface area contributed by atoms with Gasteiger partial charge in [0.2, 0.25) is 0 Å². The lowest BCUT2D eigenvalue weighted by Gasteiger charge is -2.29. The largest absolute Gasteiger partial charge is 0.386 e. The Morgan fingerprint density at radius 3 is 2.62 bits per heavy atom. The van der Waals surface area contributed by atoms with Crippen LogP contribution in [0.2, 0.25) is 0 Å². The molecule has 1 fully saturated rings. The van der Waals surface area contributed by atoms with Gasteiger partial charge < -0.3 is 15.5 Å². The summed E-state index contributed by atoms with van der Waals surface area (Å²) < 4.78 is 29.0. The third-order valence-corrected chi connectivity index (χ3v) is 5.38. The zero-order valence-electron chi connectivity index (χ0n) is 17.2. The van der Waals surface area contributed by atoms with E-state index < -0.39 is 11.6 Å². The molecule has 0 unspecified atom stereocenters. The maximum absolute atomic E-state index is 14.7. The van der Waals surface area contributed by atoms with E-state index >= 15 is 0 Å². The molecule has 154 valence electrons. The van der Waals surface area contributed by atoms with Crippen LogP contribution in [0.5, 0.6) is 0 Å². The van der Waals surface area contributed by atoms with E-state index in [1.807, 2.05) is 13.0 Å². The number of hydrogen-bond acceptors (Lipinski definition) is 4. The first kappa shape index (κ1) is 21.0. The first-order chi connectivity index (χ1) is 13.9. The summed E-state index contributed by atoms with van der Waals surface area (Å²) in [6, 6.07) is 8.35. The molecule has 1 saturated heterocycles. The summed E-state index contributed by atoms with van der Waals surface area (Å²) in [5.74, 6) is -0.604. The number of nitrogens with one attached hydrogen (secondary N) is 2. The van der Waals surface area contributed by atoms with Crippen LogP contribution in [0.15, 0.2) is 47.7 Å². The topological polar surface area (TPSA) is 39.7 Å². The number of piperidine rings is 1. The molecule has 0 bridgehead atoms. The highest BCUT2D eigenvalue weighted by Gasteiger charge is 2.17. The molecular weight excluding hydrogens is 370 g/mol. The normalized spacial score (nSPS) is 15.6. The molecule has 2 aromatic carbocycles. The van der Waals surface area contributed by atoms with E-state index in [1.165, 1.54) is 12.1 Å². The molecule has 0 aliphatic carbocycles. The van der Waals surface area contributed by atoms with Crippen molar-refractivity contribution in [2.24, 2.45) is 4.99 Å². The number of aliphatic imine (C=N–C) groups is 1. The van der Waals surface area contributed by atoms with Crippen LogP contribution in [-0.2, 0) is 0 Å². The molecule has 6 heteroatoms. The van der Waals surface area contributed by atoms with Crippen molar-refractivity contribution >= 4 is 11.9 Å². The molecule has 0 amide bonds. The molecular formula is C23H28F2N4. The van der Waals surface area contributed by atoms with Crippen LogP contribution in [0.4, 0.5) is 14.5 Å². The third-order valence-electron chi connectivity index (χ3n) is 5.38. The molecule has 0 aromatic heterocycles. The Bertz CT molecular complexity index is 915. The highest BCUT2D eigenvalue weighted by molar-refractivity contribution is 5.85. The van der Waals surface area contributed by atoms with E-state index in [1.54, 1.807) is 25.4 Å². The quantitative estimate of drug-likeness (QED) is 0.701. The van der Waals surface area contributed by atoms with Gasteiger partial charge in [0, 0.05) is 19.3 Å². The molecule has 29 heavy (non-hydrogen) atoms. The minimum atomic E-state index is -0.604. The maximum Gasteiger partial charge on any atom is 0.157 e. The molecule has 1 heterocycles. The number of rotatable bonds is 6. The second-order valence-corrected chi connectivity index (χ2v) is 7.53. The number of nitrogens with zero attached hydrogens (tertiary/aromatic N) is 2.